The Bertz CT molecular complexity index is 596. The van der Waals surface area contributed by atoms with Gasteiger partial charge in [0.1, 0.15) is 0 Å². The van der Waals surface area contributed by atoms with Gasteiger partial charge in [-0.2, -0.15) is 0 Å². The number of piperidine rings is 1. The minimum atomic E-state index is -3.03. The number of sulfonamides is 1. The summed E-state index contributed by atoms with van der Waals surface area (Å²) in [5.41, 5.74) is 0.502. The maximum atomic E-state index is 11.8. The van der Waals surface area contributed by atoms with Gasteiger partial charge in [0.2, 0.25) is 10.0 Å². The van der Waals surface area contributed by atoms with E-state index in [0.29, 0.717) is 36.4 Å². The van der Waals surface area contributed by atoms with Gasteiger partial charge in [-0.1, -0.05) is 40.5 Å². The average Bonchev–Trinajstić information content (AvgIpc) is 3.00. The minimum absolute atomic E-state index is 0.153. The zero-order valence-corrected chi connectivity index (χ0v) is 19.0. The molecule has 3 aliphatic rings. The Morgan fingerprint density at radius 3 is 2.26 bits per heavy atom. The van der Waals surface area contributed by atoms with E-state index in [2.05, 4.69) is 27.7 Å². The van der Waals surface area contributed by atoms with Crippen LogP contribution in [0.1, 0.15) is 85.5 Å². The molecule has 0 aromatic heterocycles. The van der Waals surface area contributed by atoms with Crippen LogP contribution in [0.2, 0.25) is 0 Å². The lowest BCUT2D eigenvalue weighted by atomic mass is 9.68. The van der Waals surface area contributed by atoms with Crippen molar-refractivity contribution in [3.8, 4) is 0 Å². The molecule has 3 unspecified atom stereocenters. The van der Waals surface area contributed by atoms with Crippen LogP contribution in [0, 0.1) is 23.2 Å². The first-order valence-electron chi connectivity index (χ1n) is 11.1. The molecular formula is C22H41NO3S. The zero-order chi connectivity index (χ0) is 19.9. The molecule has 0 amide bonds. The number of ether oxygens (including phenoxy) is 1. The van der Waals surface area contributed by atoms with Gasteiger partial charge in [-0.05, 0) is 68.1 Å². The maximum absolute atomic E-state index is 11.8. The van der Waals surface area contributed by atoms with E-state index in [1.165, 1.54) is 44.8 Å². The first-order valence-corrected chi connectivity index (χ1v) is 13.0. The van der Waals surface area contributed by atoms with Crippen molar-refractivity contribution in [1.82, 2.24) is 4.31 Å². The molecule has 1 saturated carbocycles. The second-order valence-corrected chi connectivity index (χ2v) is 12.8. The molecule has 3 fully saturated rings. The summed E-state index contributed by atoms with van der Waals surface area (Å²) in [6.45, 7) is 10.9. The van der Waals surface area contributed by atoms with Crippen molar-refractivity contribution in [3.63, 3.8) is 0 Å². The molecule has 2 aliphatic heterocycles. The van der Waals surface area contributed by atoms with E-state index in [9.17, 15) is 8.42 Å². The molecule has 5 heteroatoms. The van der Waals surface area contributed by atoms with E-state index in [0.717, 1.165) is 25.2 Å². The quantitative estimate of drug-likeness (QED) is 0.679. The fourth-order valence-electron chi connectivity index (χ4n) is 5.83. The number of hydrogen-bond acceptors (Lipinski definition) is 3. The number of rotatable bonds is 4. The van der Waals surface area contributed by atoms with Gasteiger partial charge in [-0.25, -0.2) is 12.7 Å². The van der Waals surface area contributed by atoms with Gasteiger partial charge >= 0.3 is 0 Å². The lowest BCUT2D eigenvalue weighted by molar-refractivity contribution is -0.163. The van der Waals surface area contributed by atoms with Gasteiger partial charge in [-0.15, -0.1) is 0 Å². The lowest BCUT2D eigenvalue weighted by Crippen LogP contribution is -2.46. The summed E-state index contributed by atoms with van der Waals surface area (Å²) < 4.78 is 32.0. The van der Waals surface area contributed by atoms with E-state index in [1.807, 2.05) is 0 Å². The van der Waals surface area contributed by atoms with Gasteiger partial charge in [0.25, 0.3) is 0 Å². The molecule has 0 radical (unpaired) electrons. The van der Waals surface area contributed by atoms with Crippen molar-refractivity contribution in [2.24, 2.45) is 23.2 Å². The highest BCUT2D eigenvalue weighted by Gasteiger charge is 2.46. The topological polar surface area (TPSA) is 46.6 Å². The van der Waals surface area contributed by atoms with Crippen LogP contribution in [0.3, 0.4) is 0 Å². The van der Waals surface area contributed by atoms with Crippen LogP contribution in [0.15, 0.2) is 0 Å². The molecule has 158 valence electrons. The maximum Gasteiger partial charge on any atom is 0.211 e. The minimum Gasteiger partial charge on any atom is -0.372 e. The molecule has 0 aromatic rings. The Morgan fingerprint density at radius 1 is 1.15 bits per heavy atom. The molecule has 3 rings (SSSR count). The van der Waals surface area contributed by atoms with Crippen LogP contribution < -0.4 is 0 Å². The standard InChI is InChI=1S/C22H41NO3S/c1-17(18-8-12-23(13-9-18)27(5,24)25)14-20-15-19(21(2,3)4)16-22(26-20)10-6-7-11-22/h17-20H,6-16H2,1-5H3. The van der Waals surface area contributed by atoms with E-state index in [1.54, 1.807) is 4.31 Å². The van der Waals surface area contributed by atoms with Crippen molar-refractivity contribution < 1.29 is 13.2 Å². The molecular weight excluding hydrogens is 358 g/mol. The van der Waals surface area contributed by atoms with E-state index >= 15 is 0 Å². The fraction of sp³-hybridized carbons (Fsp3) is 1.00. The van der Waals surface area contributed by atoms with Gasteiger partial charge in [-0.3, -0.25) is 0 Å². The van der Waals surface area contributed by atoms with Crippen molar-refractivity contribution in [3.05, 3.63) is 0 Å². The molecule has 1 aliphatic carbocycles. The van der Waals surface area contributed by atoms with Crippen LogP contribution in [-0.4, -0.2) is 43.8 Å². The third kappa shape index (κ3) is 5.27. The molecule has 3 atom stereocenters. The molecule has 1 spiro atoms. The van der Waals surface area contributed by atoms with Crippen LogP contribution >= 0.6 is 0 Å². The predicted molar refractivity (Wildman–Crippen MR) is 111 cm³/mol. The Kier molecular flexibility index (Phi) is 6.35. The first kappa shape index (κ1) is 21.6. The zero-order valence-electron chi connectivity index (χ0n) is 18.2. The summed E-state index contributed by atoms with van der Waals surface area (Å²) in [4.78, 5) is 0. The molecule has 0 bridgehead atoms. The summed E-state index contributed by atoms with van der Waals surface area (Å²) in [6.07, 6.45) is 12.4. The predicted octanol–water partition coefficient (Wildman–Crippen LogP) is 4.84. The number of hydrogen-bond donors (Lipinski definition) is 0. The Balaban J connectivity index is 1.60. The van der Waals surface area contributed by atoms with Gasteiger partial charge in [0, 0.05) is 13.1 Å². The highest BCUT2D eigenvalue weighted by molar-refractivity contribution is 7.88. The van der Waals surface area contributed by atoms with E-state index < -0.39 is 10.0 Å². The lowest BCUT2D eigenvalue weighted by Gasteiger charge is -2.48. The van der Waals surface area contributed by atoms with Crippen molar-refractivity contribution in [1.29, 1.82) is 0 Å². The molecule has 27 heavy (non-hydrogen) atoms. The molecule has 0 aromatic carbocycles. The van der Waals surface area contributed by atoms with Crippen molar-refractivity contribution in [2.75, 3.05) is 19.3 Å². The summed E-state index contributed by atoms with van der Waals surface area (Å²) in [7, 11) is -3.03. The molecule has 0 N–H and O–H groups in total. The molecule has 2 saturated heterocycles. The second-order valence-electron chi connectivity index (χ2n) is 10.8. The summed E-state index contributed by atoms with van der Waals surface area (Å²) in [5, 5.41) is 0. The van der Waals surface area contributed by atoms with E-state index in [4.69, 9.17) is 4.74 Å². The Labute approximate surface area is 167 Å². The van der Waals surface area contributed by atoms with Gasteiger partial charge in [0.05, 0.1) is 18.0 Å². The highest BCUT2D eigenvalue weighted by Crippen LogP contribution is 2.50. The number of nitrogens with zero attached hydrogens (tertiary/aromatic N) is 1. The largest absolute Gasteiger partial charge is 0.372 e. The SMILES string of the molecule is CC(CC1CC(C(C)(C)C)CC2(CCCC2)O1)C1CCN(S(C)(=O)=O)CC1. The van der Waals surface area contributed by atoms with Gasteiger partial charge in [0.15, 0.2) is 0 Å². The van der Waals surface area contributed by atoms with E-state index in [-0.39, 0.29) is 5.60 Å². The third-order valence-corrected chi connectivity index (χ3v) is 9.03. The average molecular weight is 400 g/mol. The highest BCUT2D eigenvalue weighted by atomic mass is 32.2. The molecule has 2 heterocycles. The monoisotopic (exact) mass is 399 g/mol. The summed E-state index contributed by atoms with van der Waals surface area (Å²) >= 11 is 0. The summed E-state index contributed by atoms with van der Waals surface area (Å²) in [6, 6.07) is 0. The Hall–Kier alpha value is -0.130. The van der Waals surface area contributed by atoms with Crippen LogP contribution in [0.4, 0.5) is 0 Å². The van der Waals surface area contributed by atoms with Crippen LogP contribution in [0.25, 0.3) is 0 Å². The fourth-order valence-corrected chi connectivity index (χ4v) is 6.70. The smallest absolute Gasteiger partial charge is 0.211 e. The van der Waals surface area contributed by atoms with Gasteiger partial charge < -0.3 is 4.74 Å². The van der Waals surface area contributed by atoms with Crippen molar-refractivity contribution in [2.45, 2.75) is 97.2 Å². The van der Waals surface area contributed by atoms with Crippen molar-refractivity contribution >= 4 is 10.0 Å². The van der Waals surface area contributed by atoms with Crippen LogP contribution in [0.5, 0.6) is 0 Å². The molecule has 4 nitrogen and oxygen atoms in total. The second kappa shape index (κ2) is 7.95. The summed E-state index contributed by atoms with van der Waals surface area (Å²) in [5.74, 6) is 1.98. The Morgan fingerprint density at radius 2 is 1.74 bits per heavy atom. The van der Waals surface area contributed by atoms with Crippen LogP contribution in [-0.2, 0) is 14.8 Å². The normalized spacial score (nSPS) is 32.0. The third-order valence-electron chi connectivity index (χ3n) is 7.73. The first-order chi connectivity index (χ1) is 12.5.